The Kier molecular flexibility index (Phi) is 4.21. The van der Waals surface area contributed by atoms with Crippen LogP contribution < -0.4 is 5.32 Å². The Bertz CT molecular complexity index is 500. The third-order valence-electron chi connectivity index (χ3n) is 3.47. The third-order valence-corrected chi connectivity index (χ3v) is 5.72. The Balaban J connectivity index is 1.72. The second-order valence-electron chi connectivity index (χ2n) is 4.76. The fourth-order valence-electron chi connectivity index (χ4n) is 2.57. The third kappa shape index (κ3) is 3.02. The SMILES string of the molecule is CCNC(Cc1nccs1)C1Cc2ccccc2S1. The van der Waals surface area contributed by atoms with E-state index in [1.165, 1.54) is 21.9 Å². The maximum atomic E-state index is 4.43. The number of benzene rings is 1. The molecular weight excluding hydrogens is 272 g/mol. The summed E-state index contributed by atoms with van der Waals surface area (Å²) >= 11 is 3.78. The van der Waals surface area contributed by atoms with Crippen LogP contribution in [-0.4, -0.2) is 22.8 Å². The average molecular weight is 290 g/mol. The highest BCUT2D eigenvalue weighted by molar-refractivity contribution is 8.00. The minimum Gasteiger partial charge on any atom is -0.313 e. The molecule has 0 saturated heterocycles. The van der Waals surface area contributed by atoms with Crippen LogP contribution in [0, 0.1) is 0 Å². The van der Waals surface area contributed by atoms with E-state index in [4.69, 9.17) is 0 Å². The van der Waals surface area contributed by atoms with Gasteiger partial charge in [-0.1, -0.05) is 25.1 Å². The highest BCUT2D eigenvalue weighted by atomic mass is 32.2. The highest BCUT2D eigenvalue weighted by Gasteiger charge is 2.29. The van der Waals surface area contributed by atoms with Crippen LogP contribution >= 0.6 is 23.1 Å². The van der Waals surface area contributed by atoms with E-state index in [9.17, 15) is 0 Å². The van der Waals surface area contributed by atoms with Gasteiger partial charge in [0.2, 0.25) is 0 Å². The first kappa shape index (κ1) is 13.2. The van der Waals surface area contributed by atoms with Gasteiger partial charge in [0.15, 0.2) is 0 Å². The summed E-state index contributed by atoms with van der Waals surface area (Å²) in [6.45, 7) is 3.20. The van der Waals surface area contributed by atoms with Crippen molar-refractivity contribution >= 4 is 23.1 Å². The van der Waals surface area contributed by atoms with Gasteiger partial charge in [0.05, 0.1) is 5.01 Å². The molecule has 0 bridgehead atoms. The van der Waals surface area contributed by atoms with Gasteiger partial charge in [-0.3, -0.25) is 0 Å². The lowest BCUT2D eigenvalue weighted by atomic mass is 10.0. The number of rotatable bonds is 5. The predicted octanol–water partition coefficient (Wildman–Crippen LogP) is 3.38. The summed E-state index contributed by atoms with van der Waals surface area (Å²) in [5.41, 5.74) is 1.50. The van der Waals surface area contributed by atoms with Crippen LogP contribution in [0.25, 0.3) is 0 Å². The van der Waals surface area contributed by atoms with Crippen LogP contribution in [0.15, 0.2) is 40.7 Å². The maximum absolute atomic E-state index is 4.43. The summed E-state index contributed by atoms with van der Waals surface area (Å²) < 4.78 is 0. The van der Waals surface area contributed by atoms with Crippen LogP contribution in [0.3, 0.4) is 0 Å². The van der Waals surface area contributed by atoms with Crippen molar-refractivity contribution in [3.8, 4) is 0 Å². The van der Waals surface area contributed by atoms with E-state index in [2.05, 4.69) is 46.9 Å². The van der Waals surface area contributed by atoms with Gasteiger partial charge in [-0.05, 0) is 24.6 Å². The summed E-state index contributed by atoms with van der Waals surface area (Å²) in [6.07, 6.45) is 4.11. The number of thioether (sulfide) groups is 1. The monoisotopic (exact) mass is 290 g/mol. The molecule has 1 aromatic heterocycles. The molecule has 1 N–H and O–H groups in total. The van der Waals surface area contributed by atoms with E-state index in [0.717, 1.165) is 13.0 Å². The van der Waals surface area contributed by atoms with Gasteiger partial charge in [-0.2, -0.15) is 0 Å². The van der Waals surface area contributed by atoms with E-state index in [-0.39, 0.29) is 0 Å². The average Bonchev–Trinajstić information content (AvgIpc) is 3.06. The van der Waals surface area contributed by atoms with Crippen molar-refractivity contribution in [2.45, 2.75) is 36.0 Å². The number of thiazole rings is 1. The maximum Gasteiger partial charge on any atom is 0.0940 e. The van der Waals surface area contributed by atoms with Crippen LogP contribution in [-0.2, 0) is 12.8 Å². The van der Waals surface area contributed by atoms with Crippen molar-refractivity contribution in [3.63, 3.8) is 0 Å². The molecule has 2 unspecified atom stereocenters. The van der Waals surface area contributed by atoms with E-state index in [1.54, 1.807) is 11.3 Å². The normalized spacial score (nSPS) is 19.3. The number of fused-ring (bicyclic) bond motifs is 1. The molecule has 0 fully saturated rings. The first-order valence-corrected chi connectivity index (χ1v) is 8.49. The fraction of sp³-hybridized carbons (Fsp3) is 0.400. The van der Waals surface area contributed by atoms with Crippen LogP contribution in [0.1, 0.15) is 17.5 Å². The first-order chi connectivity index (χ1) is 9.36. The molecule has 2 atom stereocenters. The molecule has 1 aliphatic rings. The smallest absolute Gasteiger partial charge is 0.0940 e. The lowest BCUT2D eigenvalue weighted by Crippen LogP contribution is -2.39. The van der Waals surface area contributed by atoms with E-state index in [1.807, 2.05) is 18.0 Å². The molecule has 4 heteroatoms. The number of hydrogen-bond donors (Lipinski definition) is 1. The van der Waals surface area contributed by atoms with E-state index >= 15 is 0 Å². The second kappa shape index (κ2) is 6.07. The number of hydrogen-bond acceptors (Lipinski definition) is 4. The Hall–Kier alpha value is -0.840. The van der Waals surface area contributed by atoms with Crippen LogP contribution in [0.5, 0.6) is 0 Å². The summed E-state index contributed by atoms with van der Waals surface area (Å²) in [5.74, 6) is 0. The molecule has 0 amide bonds. The van der Waals surface area contributed by atoms with Crippen LogP contribution in [0.4, 0.5) is 0 Å². The molecule has 3 rings (SSSR count). The molecule has 100 valence electrons. The van der Waals surface area contributed by atoms with Gasteiger partial charge in [-0.15, -0.1) is 23.1 Å². The number of nitrogens with one attached hydrogen (secondary N) is 1. The molecule has 0 saturated carbocycles. The zero-order chi connectivity index (χ0) is 13.1. The minimum atomic E-state index is 0.508. The Morgan fingerprint density at radius 3 is 3.05 bits per heavy atom. The largest absolute Gasteiger partial charge is 0.313 e. The molecule has 2 heterocycles. The predicted molar refractivity (Wildman–Crippen MR) is 83.1 cm³/mol. The van der Waals surface area contributed by atoms with Gasteiger partial charge in [-0.25, -0.2) is 4.98 Å². The van der Waals surface area contributed by atoms with Crippen molar-refractivity contribution in [2.24, 2.45) is 0 Å². The Morgan fingerprint density at radius 2 is 2.32 bits per heavy atom. The van der Waals surface area contributed by atoms with Crippen molar-refractivity contribution in [1.82, 2.24) is 10.3 Å². The summed E-state index contributed by atoms with van der Waals surface area (Å²) in [5, 5.41) is 7.57. The molecule has 1 aliphatic heterocycles. The fourth-order valence-corrected chi connectivity index (χ4v) is 4.65. The molecule has 19 heavy (non-hydrogen) atoms. The van der Waals surface area contributed by atoms with Crippen LogP contribution in [0.2, 0.25) is 0 Å². The van der Waals surface area contributed by atoms with Gasteiger partial charge < -0.3 is 5.32 Å². The van der Waals surface area contributed by atoms with E-state index < -0.39 is 0 Å². The second-order valence-corrected chi connectivity index (χ2v) is 7.02. The molecule has 0 radical (unpaired) electrons. The van der Waals surface area contributed by atoms with Crippen molar-refractivity contribution in [2.75, 3.05) is 6.54 Å². The number of nitrogens with zero attached hydrogens (tertiary/aromatic N) is 1. The van der Waals surface area contributed by atoms with E-state index in [0.29, 0.717) is 11.3 Å². The lowest BCUT2D eigenvalue weighted by molar-refractivity contribution is 0.505. The topological polar surface area (TPSA) is 24.9 Å². The van der Waals surface area contributed by atoms with Crippen molar-refractivity contribution in [1.29, 1.82) is 0 Å². The molecule has 1 aromatic carbocycles. The number of likely N-dealkylation sites (N-methyl/N-ethyl adjacent to an activating group) is 1. The van der Waals surface area contributed by atoms with Gasteiger partial charge in [0.25, 0.3) is 0 Å². The van der Waals surface area contributed by atoms with Crippen molar-refractivity contribution in [3.05, 3.63) is 46.4 Å². The van der Waals surface area contributed by atoms with Gasteiger partial charge >= 0.3 is 0 Å². The number of aromatic nitrogens is 1. The highest BCUT2D eigenvalue weighted by Crippen LogP contribution is 2.39. The molecular formula is C15H18N2S2. The molecule has 0 spiro atoms. The summed E-state index contributed by atoms with van der Waals surface area (Å²) in [6, 6.07) is 9.29. The molecule has 0 aliphatic carbocycles. The Labute approximate surface area is 122 Å². The quantitative estimate of drug-likeness (QED) is 0.914. The molecule has 2 aromatic rings. The summed E-state index contributed by atoms with van der Waals surface area (Å²) in [7, 11) is 0. The first-order valence-electron chi connectivity index (χ1n) is 6.73. The summed E-state index contributed by atoms with van der Waals surface area (Å²) in [4.78, 5) is 5.88. The standard InChI is InChI=1S/C15H18N2S2/c1-2-16-12(10-15-17-7-8-18-15)14-9-11-5-3-4-6-13(11)19-14/h3-8,12,14,16H,2,9-10H2,1H3. The van der Waals surface area contributed by atoms with Gasteiger partial charge in [0.1, 0.15) is 0 Å². The molecule has 2 nitrogen and oxygen atoms in total. The van der Waals surface area contributed by atoms with Gasteiger partial charge in [0, 0.05) is 34.2 Å². The zero-order valence-electron chi connectivity index (χ0n) is 11.0. The lowest BCUT2D eigenvalue weighted by Gasteiger charge is -2.22. The zero-order valence-corrected chi connectivity index (χ0v) is 12.6. The minimum absolute atomic E-state index is 0.508. The van der Waals surface area contributed by atoms with Crippen molar-refractivity contribution < 1.29 is 0 Å². The Morgan fingerprint density at radius 1 is 1.42 bits per heavy atom.